The molecule has 4 unspecified atom stereocenters. The van der Waals surface area contributed by atoms with Crippen molar-refractivity contribution in [3.63, 3.8) is 0 Å². The first-order valence-electron chi connectivity index (χ1n) is 8.80. The van der Waals surface area contributed by atoms with Crippen molar-refractivity contribution >= 4 is 0 Å². The third kappa shape index (κ3) is 3.32. The van der Waals surface area contributed by atoms with Gasteiger partial charge in [-0.2, -0.15) is 0 Å². The first-order chi connectivity index (χ1) is 10.3. The average molecular weight is 286 g/mol. The smallest absolute Gasteiger partial charge is 0.0138 e. The van der Waals surface area contributed by atoms with Crippen LogP contribution in [0.1, 0.15) is 50.5 Å². The second kappa shape index (κ2) is 6.93. The number of benzene rings is 1. The summed E-state index contributed by atoms with van der Waals surface area (Å²) in [5.74, 6) is 2.38. The number of hydrogen-bond acceptors (Lipinski definition) is 2. The first kappa shape index (κ1) is 15.1. The Hall–Kier alpha value is -0.860. The molecule has 21 heavy (non-hydrogen) atoms. The van der Waals surface area contributed by atoms with Crippen molar-refractivity contribution in [2.75, 3.05) is 19.6 Å². The SMILES string of the molecule is CCC1CCC(CN)C(N2CCC(c3ccccc3)C2)C1. The van der Waals surface area contributed by atoms with Gasteiger partial charge in [-0.05, 0) is 55.7 Å². The minimum Gasteiger partial charge on any atom is -0.330 e. The second-order valence-electron chi connectivity index (χ2n) is 7.04. The number of nitrogens with two attached hydrogens (primary N) is 1. The molecule has 2 heteroatoms. The summed E-state index contributed by atoms with van der Waals surface area (Å²) in [6.07, 6.45) is 6.76. The van der Waals surface area contributed by atoms with Gasteiger partial charge in [0.05, 0.1) is 0 Å². The van der Waals surface area contributed by atoms with E-state index in [1.807, 2.05) is 0 Å². The van der Waals surface area contributed by atoms with E-state index in [-0.39, 0.29) is 0 Å². The highest BCUT2D eigenvalue weighted by molar-refractivity contribution is 5.21. The van der Waals surface area contributed by atoms with E-state index in [1.165, 1.54) is 50.8 Å². The van der Waals surface area contributed by atoms with Gasteiger partial charge in [0.25, 0.3) is 0 Å². The maximum Gasteiger partial charge on any atom is 0.0138 e. The molecule has 2 aliphatic rings. The normalized spacial score (nSPS) is 34.2. The van der Waals surface area contributed by atoms with Crippen molar-refractivity contribution in [2.24, 2.45) is 17.6 Å². The van der Waals surface area contributed by atoms with Gasteiger partial charge in [0.2, 0.25) is 0 Å². The molecule has 1 saturated heterocycles. The quantitative estimate of drug-likeness (QED) is 0.916. The van der Waals surface area contributed by atoms with Crippen molar-refractivity contribution in [3.05, 3.63) is 35.9 Å². The van der Waals surface area contributed by atoms with E-state index in [0.717, 1.165) is 30.3 Å². The van der Waals surface area contributed by atoms with Gasteiger partial charge in [0.15, 0.2) is 0 Å². The van der Waals surface area contributed by atoms with Crippen LogP contribution in [0.5, 0.6) is 0 Å². The van der Waals surface area contributed by atoms with Crippen LogP contribution < -0.4 is 5.73 Å². The summed E-state index contributed by atoms with van der Waals surface area (Å²) < 4.78 is 0. The van der Waals surface area contributed by atoms with Crippen LogP contribution in [-0.4, -0.2) is 30.6 Å². The standard InChI is InChI=1S/C19H30N2/c1-2-15-8-9-17(13-20)19(12-15)21-11-10-18(14-21)16-6-4-3-5-7-16/h3-7,15,17-19H,2,8-14,20H2,1H3. The molecule has 0 amide bonds. The Morgan fingerprint density at radius 1 is 1.14 bits per heavy atom. The average Bonchev–Trinajstić information content (AvgIpc) is 3.05. The fraction of sp³-hybridized carbons (Fsp3) is 0.684. The van der Waals surface area contributed by atoms with Crippen LogP contribution in [0.4, 0.5) is 0 Å². The molecular formula is C19H30N2. The predicted molar refractivity (Wildman–Crippen MR) is 89.3 cm³/mol. The summed E-state index contributed by atoms with van der Waals surface area (Å²) in [6.45, 7) is 5.72. The molecule has 1 saturated carbocycles. The summed E-state index contributed by atoms with van der Waals surface area (Å²) in [7, 11) is 0. The largest absolute Gasteiger partial charge is 0.330 e. The zero-order valence-electron chi connectivity index (χ0n) is 13.4. The van der Waals surface area contributed by atoms with Crippen LogP contribution in [-0.2, 0) is 0 Å². The van der Waals surface area contributed by atoms with Crippen molar-refractivity contribution in [2.45, 2.75) is 51.0 Å². The molecule has 0 spiro atoms. The topological polar surface area (TPSA) is 29.3 Å². The minimum absolute atomic E-state index is 0.724. The number of rotatable bonds is 4. The van der Waals surface area contributed by atoms with Gasteiger partial charge in [0, 0.05) is 12.6 Å². The predicted octanol–water partition coefficient (Wildman–Crippen LogP) is 3.63. The summed E-state index contributed by atoms with van der Waals surface area (Å²) in [4.78, 5) is 2.76. The second-order valence-corrected chi connectivity index (χ2v) is 7.04. The van der Waals surface area contributed by atoms with Crippen molar-refractivity contribution < 1.29 is 0 Å². The van der Waals surface area contributed by atoms with Crippen LogP contribution in [0.25, 0.3) is 0 Å². The Balaban J connectivity index is 1.66. The molecule has 0 radical (unpaired) electrons. The maximum absolute atomic E-state index is 6.07. The van der Waals surface area contributed by atoms with E-state index in [4.69, 9.17) is 5.73 Å². The molecule has 3 rings (SSSR count). The molecule has 1 aliphatic carbocycles. The highest BCUT2D eigenvalue weighted by Crippen LogP contribution is 2.37. The van der Waals surface area contributed by atoms with Gasteiger partial charge < -0.3 is 5.73 Å². The van der Waals surface area contributed by atoms with E-state index in [2.05, 4.69) is 42.2 Å². The van der Waals surface area contributed by atoms with Gasteiger partial charge in [-0.25, -0.2) is 0 Å². The summed E-state index contributed by atoms with van der Waals surface area (Å²) >= 11 is 0. The zero-order chi connectivity index (χ0) is 14.7. The van der Waals surface area contributed by atoms with Crippen LogP contribution in [0.15, 0.2) is 30.3 Å². The molecule has 2 N–H and O–H groups in total. The van der Waals surface area contributed by atoms with Crippen LogP contribution in [0, 0.1) is 11.8 Å². The Kier molecular flexibility index (Phi) is 4.97. The molecule has 0 aromatic heterocycles. The van der Waals surface area contributed by atoms with Gasteiger partial charge in [-0.15, -0.1) is 0 Å². The van der Waals surface area contributed by atoms with E-state index in [9.17, 15) is 0 Å². The maximum atomic E-state index is 6.07. The molecule has 1 aromatic carbocycles. The lowest BCUT2D eigenvalue weighted by Gasteiger charge is -2.41. The van der Waals surface area contributed by atoms with Crippen molar-refractivity contribution in [3.8, 4) is 0 Å². The van der Waals surface area contributed by atoms with Crippen LogP contribution >= 0.6 is 0 Å². The number of nitrogens with zero attached hydrogens (tertiary/aromatic N) is 1. The van der Waals surface area contributed by atoms with Gasteiger partial charge in [0.1, 0.15) is 0 Å². The first-order valence-corrected chi connectivity index (χ1v) is 8.80. The molecule has 116 valence electrons. The Morgan fingerprint density at radius 2 is 1.95 bits per heavy atom. The summed E-state index contributed by atoms with van der Waals surface area (Å²) in [6, 6.07) is 11.8. The molecule has 1 aromatic rings. The van der Waals surface area contributed by atoms with Gasteiger partial charge in [-0.3, -0.25) is 4.90 Å². The molecule has 4 atom stereocenters. The number of hydrogen-bond donors (Lipinski definition) is 1. The van der Waals surface area contributed by atoms with Gasteiger partial charge in [-0.1, -0.05) is 50.1 Å². The fourth-order valence-electron chi connectivity index (χ4n) is 4.47. The summed E-state index contributed by atoms with van der Waals surface area (Å²) in [5, 5.41) is 0. The van der Waals surface area contributed by atoms with Crippen molar-refractivity contribution in [1.29, 1.82) is 0 Å². The Morgan fingerprint density at radius 3 is 2.67 bits per heavy atom. The third-order valence-corrected chi connectivity index (χ3v) is 5.90. The molecule has 1 heterocycles. The van der Waals surface area contributed by atoms with Crippen LogP contribution in [0.3, 0.4) is 0 Å². The molecule has 2 nitrogen and oxygen atoms in total. The van der Waals surface area contributed by atoms with Gasteiger partial charge >= 0.3 is 0 Å². The zero-order valence-corrected chi connectivity index (χ0v) is 13.4. The summed E-state index contributed by atoms with van der Waals surface area (Å²) in [5.41, 5.74) is 7.59. The highest BCUT2D eigenvalue weighted by atomic mass is 15.2. The minimum atomic E-state index is 0.724. The molecular weight excluding hydrogens is 256 g/mol. The molecule has 2 fully saturated rings. The van der Waals surface area contributed by atoms with E-state index in [1.54, 1.807) is 0 Å². The monoisotopic (exact) mass is 286 g/mol. The third-order valence-electron chi connectivity index (χ3n) is 5.90. The van der Waals surface area contributed by atoms with E-state index >= 15 is 0 Å². The lowest BCUT2D eigenvalue weighted by atomic mass is 9.76. The lowest BCUT2D eigenvalue weighted by Crippen LogP contribution is -2.45. The fourth-order valence-corrected chi connectivity index (χ4v) is 4.47. The Labute approximate surface area is 129 Å². The van der Waals surface area contributed by atoms with Crippen LogP contribution in [0.2, 0.25) is 0 Å². The molecule has 0 bridgehead atoms. The Bertz CT molecular complexity index is 430. The lowest BCUT2D eigenvalue weighted by molar-refractivity contribution is 0.0994. The van der Waals surface area contributed by atoms with E-state index in [0.29, 0.717) is 0 Å². The van der Waals surface area contributed by atoms with E-state index < -0.39 is 0 Å². The molecule has 1 aliphatic heterocycles. The number of likely N-dealkylation sites (tertiary alicyclic amines) is 1. The van der Waals surface area contributed by atoms with Crippen molar-refractivity contribution in [1.82, 2.24) is 4.90 Å². The highest BCUT2D eigenvalue weighted by Gasteiger charge is 2.36.